The number of benzene rings is 1. The Morgan fingerprint density at radius 2 is 1.83 bits per heavy atom. The van der Waals surface area contributed by atoms with Crippen LogP contribution in [0.4, 0.5) is 18.0 Å². The van der Waals surface area contributed by atoms with Gasteiger partial charge < -0.3 is 29.7 Å². The van der Waals surface area contributed by atoms with Crippen molar-refractivity contribution in [2.75, 3.05) is 13.7 Å². The van der Waals surface area contributed by atoms with E-state index in [0.717, 1.165) is 13.8 Å². The SMILES string of the molecule is CCC1CC(C)CCC=CC2CC2(C(=O)NS(=O)(=O)C2(C)CC2)NC(=O)C2CC(Oc3nc(OC)cc4cc(F)ccc34)CN2C(=O)C1NC(=O)OC(C)(C)C(C)(F)F. The van der Waals surface area contributed by atoms with E-state index in [1.165, 1.54) is 36.3 Å². The fourth-order valence-electron chi connectivity index (χ4n) is 7.82. The molecule has 6 rings (SSSR count). The van der Waals surface area contributed by atoms with Crippen LogP contribution in [0, 0.1) is 23.6 Å². The molecule has 0 bridgehead atoms. The van der Waals surface area contributed by atoms with Gasteiger partial charge in [0.15, 0.2) is 5.60 Å². The Labute approximate surface area is 342 Å². The third kappa shape index (κ3) is 9.11. The van der Waals surface area contributed by atoms with Crippen molar-refractivity contribution in [2.45, 2.75) is 133 Å². The lowest BCUT2D eigenvalue weighted by Gasteiger charge is -2.35. The van der Waals surface area contributed by atoms with Gasteiger partial charge in [-0.15, -0.1) is 0 Å². The van der Waals surface area contributed by atoms with Gasteiger partial charge in [-0.25, -0.2) is 26.4 Å². The van der Waals surface area contributed by atoms with Crippen LogP contribution in [0.25, 0.3) is 10.8 Å². The number of nitrogens with zero attached hydrogens (tertiary/aromatic N) is 2. The van der Waals surface area contributed by atoms with E-state index in [2.05, 4.69) is 20.3 Å². The molecular weight excluding hydrogens is 796 g/mol. The van der Waals surface area contributed by atoms with Crippen molar-refractivity contribution < 1.29 is 55.0 Å². The number of carbonyl (C=O) groups is 4. The molecular formula is C41H54F3N5O9S. The summed E-state index contributed by atoms with van der Waals surface area (Å²) in [6.45, 7) is 7.85. The summed E-state index contributed by atoms with van der Waals surface area (Å²) in [6.07, 6.45) is 4.23. The van der Waals surface area contributed by atoms with Crippen LogP contribution in [-0.2, 0) is 29.1 Å². The smallest absolute Gasteiger partial charge is 0.408 e. The van der Waals surface area contributed by atoms with Crippen molar-refractivity contribution in [1.29, 1.82) is 0 Å². The Morgan fingerprint density at radius 3 is 2.47 bits per heavy atom. The Hall–Kier alpha value is -4.61. The molecule has 7 unspecified atom stereocenters. The van der Waals surface area contributed by atoms with E-state index < -0.39 is 91.5 Å². The number of ether oxygens (including phenoxy) is 3. The molecule has 4 aliphatic rings. The number of nitrogens with one attached hydrogen (secondary N) is 3. The predicted molar refractivity (Wildman–Crippen MR) is 211 cm³/mol. The highest BCUT2D eigenvalue weighted by Gasteiger charge is 2.63. The maximum Gasteiger partial charge on any atom is 0.408 e. The maximum absolute atomic E-state index is 15.0. The summed E-state index contributed by atoms with van der Waals surface area (Å²) in [4.78, 5) is 62.6. The number of halogens is 3. The quantitative estimate of drug-likeness (QED) is 0.257. The molecule has 1 aromatic carbocycles. The van der Waals surface area contributed by atoms with Gasteiger partial charge in [0.1, 0.15) is 29.5 Å². The molecule has 1 aromatic heterocycles. The minimum atomic E-state index is -4.08. The van der Waals surface area contributed by atoms with Crippen LogP contribution in [0.3, 0.4) is 0 Å². The lowest BCUT2D eigenvalue weighted by atomic mass is 9.85. The highest BCUT2D eigenvalue weighted by atomic mass is 32.2. The van der Waals surface area contributed by atoms with E-state index in [1.807, 2.05) is 19.9 Å². The third-order valence-electron chi connectivity index (χ3n) is 12.5. The number of carbonyl (C=O) groups excluding carboxylic acids is 4. The summed E-state index contributed by atoms with van der Waals surface area (Å²) in [7, 11) is -2.71. The van der Waals surface area contributed by atoms with Gasteiger partial charge >= 0.3 is 6.09 Å². The van der Waals surface area contributed by atoms with Gasteiger partial charge in [-0.1, -0.05) is 32.4 Å². The Bertz CT molecular complexity index is 2130. The van der Waals surface area contributed by atoms with E-state index in [0.29, 0.717) is 56.2 Å². The van der Waals surface area contributed by atoms with Gasteiger partial charge in [-0.3, -0.25) is 19.1 Å². The first-order valence-corrected chi connectivity index (χ1v) is 21.6. The number of hydrogen-bond acceptors (Lipinski definition) is 10. The molecule has 324 valence electrons. The van der Waals surface area contributed by atoms with Crippen LogP contribution < -0.4 is 24.8 Å². The second kappa shape index (κ2) is 16.1. The largest absolute Gasteiger partial charge is 0.481 e. The number of amides is 4. The van der Waals surface area contributed by atoms with Crippen LogP contribution in [0.2, 0.25) is 0 Å². The van der Waals surface area contributed by atoms with Crippen LogP contribution in [0.5, 0.6) is 11.8 Å². The van der Waals surface area contributed by atoms with Gasteiger partial charge in [-0.05, 0) is 94.7 Å². The van der Waals surface area contributed by atoms with Crippen molar-refractivity contribution in [2.24, 2.45) is 17.8 Å². The van der Waals surface area contributed by atoms with E-state index in [4.69, 9.17) is 14.2 Å². The minimum absolute atomic E-state index is 0.00146. The van der Waals surface area contributed by atoms with Gasteiger partial charge in [-0.2, -0.15) is 4.98 Å². The van der Waals surface area contributed by atoms with E-state index in [1.54, 1.807) is 13.0 Å². The van der Waals surface area contributed by atoms with Crippen molar-refractivity contribution in [1.82, 2.24) is 25.2 Å². The molecule has 4 amide bonds. The summed E-state index contributed by atoms with van der Waals surface area (Å²) in [5.74, 6) is -7.29. The molecule has 1 saturated heterocycles. The molecule has 7 atom stereocenters. The number of fused-ring (bicyclic) bond motifs is 3. The number of rotatable bonds is 10. The number of alkyl carbamates (subject to hydrolysis) is 1. The van der Waals surface area contributed by atoms with Crippen LogP contribution in [-0.4, -0.2) is 95.8 Å². The Kier molecular flexibility index (Phi) is 12.0. The predicted octanol–water partition coefficient (Wildman–Crippen LogP) is 5.54. The lowest BCUT2D eigenvalue weighted by Crippen LogP contribution is -2.60. The van der Waals surface area contributed by atoms with Gasteiger partial charge in [0.05, 0.1) is 18.4 Å². The lowest BCUT2D eigenvalue weighted by molar-refractivity contribution is -0.152. The first-order valence-electron chi connectivity index (χ1n) is 20.1. The van der Waals surface area contributed by atoms with Crippen molar-refractivity contribution in [3.8, 4) is 11.8 Å². The zero-order chi connectivity index (χ0) is 43.3. The molecule has 3 heterocycles. The number of allylic oxidation sites excluding steroid dienone is 1. The second-order valence-corrected chi connectivity index (χ2v) is 19.6. The fourth-order valence-corrected chi connectivity index (χ4v) is 9.13. The van der Waals surface area contributed by atoms with Gasteiger partial charge in [0.25, 0.3) is 11.8 Å². The standard InChI is InChI=1S/C41H54F3N5O9S/c1-8-24-17-23(2)11-9-10-12-26-21-41(26,36(52)48-59(54,55)39(5)15-16-39)47-33(50)30-20-28(57-34-29-14-13-27(42)18-25(29)19-31(45-34)56-7)22-49(30)35(51)32(24)46-37(53)58-38(3,4)40(6,43)44/h10,12-14,18-19,23-24,26,28,30,32H,8-9,11,15-17,20-22H2,1-7H3,(H,46,53)(H,47,50)(H,48,52). The zero-order valence-corrected chi connectivity index (χ0v) is 35.2. The van der Waals surface area contributed by atoms with Crippen LogP contribution >= 0.6 is 0 Å². The highest BCUT2D eigenvalue weighted by molar-refractivity contribution is 7.91. The van der Waals surface area contributed by atoms with Gasteiger partial charge in [0, 0.05) is 30.7 Å². The Balaban J connectivity index is 1.38. The number of methoxy groups -OCH3 is 1. The van der Waals surface area contributed by atoms with Crippen molar-refractivity contribution in [3.63, 3.8) is 0 Å². The maximum atomic E-state index is 15.0. The molecule has 2 saturated carbocycles. The topological polar surface area (TPSA) is 182 Å². The Morgan fingerprint density at radius 1 is 1.12 bits per heavy atom. The van der Waals surface area contributed by atoms with Crippen molar-refractivity contribution >= 4 is 44.6 Å². The average Bonchev–Trinajstić information content (AvgIpc) is 4.03. The monoisotopic (exact) mass is 849 g/mol. The summed E-state index contributed by atoms with van der Waals surface area (Å²) in [5.41, 5.74) is -3.89. The molecule has 0 spiro atoms. The van der Waals surface area contributed by atoms with Crippen LogP contribution in [0.15, 0.2) is 36.4 Å². The molecule has 0 radical (unpaired) electrons. The molecule has 14 nitrogen and oxygen atoms in total. The normalized spacial score (nSPS) is 28.6. The summed E-state index contributed by atoms with van der Waals surface area (Å²) in [6, 6.07) is 2.81. The first-order chi connectivity index (χ1) is 27.5. The summed E-state index contributed by atoms with van der Waals surface area (Å²) < 4.78 is 87.6. The molecule has 2 aromatic rings. The van der Waals surface area contributed by atoms with Crippen LogP contribution in [0.1, 0.15) is 92.9 Å². The number of alkyl halides is 2. The van der Waals surface area contributed by atoms with E-state index in [9.17, 15) is 40.8 Å². The van der Waals surface area contributed by atoms with E-state index in [-0.39, 0.29) is 37.1 Å². The molecule has 2 aliphatic heterocycles. The molecule has 2 aliphatic carbocycles. The molecule has 18 heteroatoms. The second-order valence-electron chi connectivity index (χ2n) is 17.4. The fraction of sp³-hybridized carbons (Fsp3) is 0.634. The van der Waals surface area contributed by atoms with Gasteiger partial charge in [0.2, 0.25) is 33.6 Å². The summed E-state index contributed by atoms with van der Waals surface area (Å²) in [5, 5.41) is 6.20. The van der Waals surface area contributed by atoms with Crippen molar-refractivity contribution in [3.05, 3.63) is 42.2 Å². The number of aromatic nitrogens is 1. The third-order valence-corrected chi connectivity index (χ3v) is 14.7. The molecule has 59 heavy (non-hydrogen) atoms. The average molecular weight is 850 g/mol. The molecule has 3 fully saturated rings. The zero-order valence-electron chi connectivity index (χ0n) is 34.4. The number of pyridine rings is 1. The molecule has 3 N–H and O–H groups in total. The minimum Gasteiger partial charge on any atom is -0.481 e. The summed E-state index contributed by atoms with van der Waals surface area (Å²) >= 11 is 0. The van der Waals surface area contributed by atoms with E-state index >= 15 is 0 Å². The number of hydrogen-bond donors (Lipinski definition) is 3. The highest BCUT2D eigenvalue weighted by Crippen LogP contribution is 2.48. The number of sulfonamides is 1. The first kappa shape index (κ1) is 44.0.